The quantitative estimate of drug-likeness (QED) is 0.745. The summed E-state index contributed by atoms with van der Waals surface area (Å²) in [5.74, 6) is -0.327. The van der Waals surface area contributed by atoms with Crippen LogP contribution in [0, 0.1) is 0 Å². The van der Waals surface area contributed by atoms with E-state index >= 15 is 0 Å². The van der Waals surface area contributed by atoms with Gasteiger partial charge in [-0.25, -0.2) is 9.78 Å². The molecule has 1 rings (SSSR count). The summed E-state index contributed by atoms with van der Waals surface area (Å²) in [5, 5.41) is 21.0. The van der Waals surface area contributed by atoms with Crippen LogP contribution in [0.15, 0.2) is 18.6 Å². The van der Waals surface area contributed by atoms with Crippen LogP contribution in [0.25, 0.3) is 0 Å². The molecule has 0 bridgehead atoms. The molecular weight excluding hydrogens is 276 g/mol. The van der Waals surface area contributed by atoms with E-state index < -0.39 is 23.6 Å². The fraction of sp³-hybridized carbons (Fsp3) is 0.538. The molecule has 0 spiro atoms. The Morgan fingerprint density at radius 3 is 2.48 bits per heavy atom. The number of nitrogens with zero attached hydrogens (tertiary/aromatic N) is 3. The molecule has 0 radical (unpaired) electrons. The summed E-state index contributed by atoms with van der Waals surface area (Å²) < 4.78 is 0. The first-order valence-electron chi connectivity index (χ1n) is 6.47. The average molecular weight is 296 g/mol. The van der Waals surface area contributed by atoms with Crippen molar-refractivity contribution in [1.82, 2.24) is 14.9 Å². The lowest BCUT2D eigenvalue weighted by Crippen LogP contribution is -2.55. The predicted molar refractivity (Wildman–Crippen MR) is 75.8 cm³/mol. The standard InChI is InChI=1S/C13H20N4O4/c1-13(2,3)17(12(20)21)9(4-7-18)11(19)16-10-8-14-5-6-15-10/h5-6,8-9,18H,4,7H2,1-3H3,(H,20,21)(H,15,16,19)/t9-/m0/s1. The maximum Gasteiger partial charge on any atom is 0.408 e. The van der Waals surface area contributed by atoms with E-state index in [1.807, 2.05) is 0 Å². The zero-order valence-electron chi connectivity index (χ0n) is 12.3. The molecular formula is C13H20N4O4. The number of carbonyl (C=O) groups is 2. The summed E-state index contributed by atoms with van der Waals surface area (Å²) in [4.78, 5) is 32.5. The number of nitrogens with one attached hydrogen (secondary N) is 1. The molecule has 0 aliphatic carbocycles. The fourth-order valence-electron chi connectivity index (χ4n) is 1.96. The molecule has 0 unspecified atom stereocenters. The number of hydrogen-bond donors (Lipinski definition) is 3. The van der Waals surface area contributed by atoms with Crippen molar-refractivity contribution in [1.29, 1.82) is 0 Å². The Balaban J connectivity index is 2.98. The fourth-order valence-corrected chi connectivity index (χ4v) is 1.96. The first kappa shape index (κ1) is 16.8. The molecule has 21 heavy (non-hydrogen) atoms. The first-order chi connectivity index (χ1) is 9.77. The van der Waals surface area contributed by atoms with Gasteiger partial charge < -0.3 is 15.5 Å². The third-order valence-corrected chi connectivity index (χ3v) is 2.76. The summed E-state index contributed by atoms with van der Waals surface area (Å²) in [5.41, 5.74) is -0.786. The van der Waals surface area contributed by atoms with E-state index in [2.05, 4.69) is 15.3 Å². The van der Waals surface area contributed by atoms with Crippen molar-refractivity contribution in [3.8, 4) is 0 Å². The molecule has 1 aromatic rings. The van der Waals surface area contributed by atoms with Crippen LogP contribution in [0.4, 0.5) is 10.6 Å². The van der Waals surface area contributed by atoms with Crippen molar-refractivity contribution >= 4 is 17.8 Å². The topological polar surface area (TPSA) is 116 Å². The molecule has 3 N–H and O–H groups in total. The summed E-state index contributed by atoms with van der Waals surface area (Å²) in [6.45, 7) is 4.74. The van der Waals surface area contributed by atoms with Crippen molar-refractivity contribution in [3.05, 3.63) is 18.6 Å². The van der Waals surface area contributed by atoms with E-state index in [1.165, 1.54) is 18.6 Å². The second-order valence-corrected chi connectivity index (χ2v) is 5.43. The molecule has 0 aliphatic heterocycles. The number of aliphatic hydroxyl groups is 1. The normalized spacial score (nSPS) is 12.6. The minimum Gasteiger partial charge on any atom is -0.465 e. The molecule has 1 aromatic heterocycles. The van der Waals surface area contributed by atoms with Crippen molar-refractivity contribution in [2.75, 3.05) is 11.9 Å². The Kier molecular flexibility index (Phi) is 5.60. The van der Waals surface area contributed by atoms with Gasteiger partial charge >= 0.3 is 6.09 Å². The van der Waals surface area contributed by atoms with Crippen LogP contribution in [0.1, 0.15) is 27.2 Å². The zero-order chi connectivity index (χ0) is 16.0. The molecule has 0 saturated carbocycles. The van der Waals surface area contributed by atoms with Gasteiger partial charge in [-0.2, -0.15) is 0 Å². The Bertz CT molecular complexity index is 487. The van der Waals surface area contributed by atoms with Crippen LogP contribution in [-0.2, 0) is 4.79 Å². The van der Waals surface area contributed by atoms with E-state index in [0.717, 1.165) is 4.90 Å². The Morgan fingerprint density at radius 1 is 1.38 bits per heavy atom. The number of rotatable bonds is 5. The highest BCUT2D eigenvalue weighted by Crippen LogP contribution is 2.20. The first-order valence-corrected chi connectivity index (χ1v) is 6.47. The largest absolute Gasteiger partial charge is 0.465 e. The van der Waals surface area contributed by atoms with Crippen molar-refractivity contribution in [2.45, 2.75) is 38.8 Å². The highest BCUT2D eigenvalue weighted by Gasteiger charge is 2.37. The monoisotopic (exact) mass is 296 g/mol. The summed E-state index contributed by atoms with van der Waals surface area (Å²) in [7, 11) is 0. The van der Waals surface area contributed by atoms with Gasteiger partial charge in [-0.05, 0) is 20.8 Å². The minimum absolute atomic E-state index is 0.00430. The number of aromatic nitrogens is 2. The van der Waals surface area contributed by atoms with Gasteiger partial charge in [0.1, 0.15) is 6.04 Å². The minimum atomic E-state index is -1.23. The Hall–Kier alpha value is -2.22. The van der Waals surface area contributed by atoms with Gasteiger partial charge in [-0.3, -0.25) is 14.7 Å². The van der Waals surface area contributed by atoms with Crippen LogP contribution in [0.2, 0.25) is 0 Å². The van der Waals surface area contributed by atoms with Gasteiger partial charge in [0.2, 0.25) is 5.91 Å². The zero-order valence-corrected chi connectivity index (χ0v) is 12.3. The van der Waals surface area contributed by atoms with Gasteiger partial charge in [-0.1, -0.05) is 0 Å². The van der Waals surface area contributed by atoms with Gasteiger partial charge in [0.15, 0.2) is 5.82 Å². The molecule has 0 fully saturated rings. The number of carboxylic acid groups (broad SMARTS) is 1. The maximum absolute atomic E-state index is 12.3. The van der Waals surface area contributed by atoms with Crippen molar-refractivity contribution < 1.29 is 19.8 Å². The number of amides is 2. The molecule has 8 heteroatoms. The average Bonchev–Trinajstić information content (AvgIpc) is 2.37. The predicted octanol–water partition coefficient (Wildman–Crippen LogP) is 0.945. The van der Waals surface area contributed by atoms with Gasteiger partial charge in [-0.15, -0.1) is 0 Å². The van der Waals surface area contributed by atoms with E-state index in [-0.39, 0.29) is 18.8 Å². The van der Waals surface area contributed by atoms with Gasteiger partial charge in [0.25, 0.3) is 0 Å². The molecule has 1 heterocycles. The SMILES string of the molecule is CC(C)(C)N(C(=O)O)[C@@H](CCO)C(=O)Nc1cnccn1. The highest BCUT2D eigenvalue weighted by atomic mass is 16.4. The molecule has 2 amide bonds. The lowest BCUT2D eigenvalue weighted by Gasteiger charge is -2.38. The van der Waals surface area contributed by atoms with Crippen LogP contribution in [0.3, 0.4) is 0 Å². The van der Waals surface area contributed by atoms with E-state index in [1.54, 1.807) is 20.8 Å². The van der Waals surface area contributed by atoms with Gasteiger partial charge in [0.05, 0.1) is 6.20 Å². The number of aliphatic hydroxyl groups excluding tert-OH is 1. The molecule has 0 aromatic carbocycles. The summed E-state index contributed by atoms with van der Waals surface area (Å²) in [6.07, 6.45) is 3.00. The van der Waals surface area contributed by atoms with E-state index in [9.17, 15) is 14.7 Å². The lowest BCUT2D eigenvalue weighted by molar-refractivity contribution is -0.123. The second-order valence-electron chi connectivity index (χ2n) is 5.43. The highest BCUT2D eigenvalue weighted by molar-refractivity contribution is 5.95. The molecule has 0 saturated heterocycles. The molecule has 116 valence electrons. The van der Waals surface area contributed by atoms with Crippen molar-refractivity contribution in [3.63, 3.8) is 0 Å². The third-order valence-electron chi connectivity index (χ3n) is 2.76. The third kappa shape index (κ3) is 4.67. The second kappa shape index (κ2) is 6.98. The summed E-state index contributed by atoms with van der Waals surface area (Å²) in [6, 6.07) is -1.02. The van der Waals surface area contributed by atoms with Crippen LogP contribution in [-0.4, -0.2) is 55.3 Å². The smallest absolute Gasteiger partial charge is 0.408 e. The Labute approximate surface area is 122 Å². The summed E-state index contributed by atoms with van der Waals surface area (Å²) >= 11 is 0. The maximum atomic E-state index is 12.3. The van der Waals surface area contributed by atoms with E-state index in [0.29, 0.717) is 0 Å². The van der Waals surface area contributed by atoms with E-state index in [4.69, 9.17) is 5.11 Å². The number of anilines is 1. The lowest BCUT2D eigenvalue weighted by atomic mass is 10.0. The van der Waals surface area contributed by atoms with Crippen LogP contribution < -0.4 is 5.32 Å². The molecule has 8 nitrogen and oxygen atoms in total. The van der Waals surface area contributed by atoms with Crippen LogP contribution >= 0.6 is 0 Å². The van der Waals surface area contributed by atoms with Gasteiger partial charge in [0, 0.05) is 31.0 Å². The number of carbonyl (C=O) groups excluding carboxylic acids is 1. The number of hydrogen-bond acceptors (Lipinski definition) is 5. The van der Waals surface area contributed by atoms with Crippen molar-refractivity contribution in [2.24, 2.45) is 0 Å². The molecule has 0 aliphatic rings. The molecule has 1 atom stereocenters. The Morgan fingerprint density at radius 2 is 2.05 bits per heavy atom. The van der Waals surface area contributed by atoms with Crippen LogP contribution in [0.5, 0.6) is 0 Å².